The van der Waals surface area contributed by atoms with Crippen LogP contribution in [-0.2, 0) is 4.74 Å². The maximum absolute atomic E-state index is 11.8. The molecule has 2 saturated heterocycles. The van der Waals surface area contributed by atoms with Crippen LogP contribution in [0.15, 0.2) is 6.07 Å². The molecule has 138 valence electrons. The van der Waals surface area contributed by atoms with Crippen LogP contribution in [0.5, 0.6) is 0 Å². The van der Waals surface area contributed by atoms with Crippen LogP contribution in [0.1, 0.15) is 12.7 Å². The van der Waals surface area contributed by atoms with Gasteiger partial charge in [0.15, 0.2) is 0 Å². The Balaban J connectivity index is 1.66. The molecule has 25 heavy (non-hydrogen) atoms. The zero-order valence-corrected chi connectivity index (χ0v) is 15.4. The third kappa shape index (κ3) is 4.31. The normalized spacial score (nSPS) is 19.2. The lowest BCUT2D eigenvalue weighted by molar-refractivity contribution is 0.105. The summed E-state index contributed by atoms with van der Waals surface area (Å²) < 4.78 is 5.08. The Morgan fingerprint density at radius 2 is 1.52 bits per heavy atom. The van der Waals surface area contributed by atoms with E-state index in [1.54, 1.807) is 4.90 Å². The average molecular weight is 348 g/mol. The topological polar surface area (TPSA) is 65.0 Å². The second-order valence-electron chi connectivity index (χ2n) is 6.59. The van der Waals surface area contributed by atoms with Gasteiger partial charge in [-0.1, -0.05) is 0 Å². The molecule has 0 unspecified atom stereocenters. The molecule has 1 amide bonds. The molecular weight excluding hydrogens is 320 g/mol. The number of hydrogen-bond acceptors (Lipinski definition) is 7. The molecule has 0 N–H and O–H groups in total. The van der Waals surface area contributed by atoms with Crippen LogP contribution < -0.4 is 9.80 Å². The first-order chi connectivity index (χ1) is 12.1. The number of anilines is 2. The van der Waals surface area contributed by atoms with E-state index in [0.29, 0.717) is 19.7 Å². The van der Waals surface area contributed by atoms with Gasteiger partial charge in [-0.25, -0.2) is 14.8 Å². The van der Waals surface area contributed by atoms with Crippen molar-refractivity contribution in [2.24, 2.45) is 0 Å². The van der Waals surface area contributed by atoms with Crippen LogP contribution >= 0.6 is 0 Å². The predicted molar refractivity (Wildman–Crippen MR) is 97.3 cm³/mol. The van der Waals surface area contributed by atoms with Crippen molar-refractivity contribution in [2.75, 3.05) is 75.8 Å². The Labute approximate surface area is 149 Å². The van der Waals surface area contributed by atoms with E-state index in [1.807, 2.05) is 13.8 Å². The van der Waals surface area contributed by atoms with Gasteiger partial charge in [-0.05, 0) is 20.9 Å². The van der Waals surface area contributed by atoms with Crippen molar-refractivity contribution in [2.45, 2.75) is 13.8 Å². The first-order valence-corrected chi connectivity index (χ1v) is 9.02. The van der Waals surface area contributed by atoms with Crippen molar-refractivity contribution in [1.82, 2.24) is 19.8 Å². The number of hydrogen-bond donors (Lipinski definition) is 0. The lowest BCUT2D eigenvalue weighted by Crippen LogP contribution is -2.49. The van der Waals surface area contributed by atoms with Gasteiger partial charge in [0, 0.05) is 58.4 Å². The summed E-state index contributed by atoms with van der Waals surface area (Å²) in [6.45, 7) is 11.1. The van der Waals surface area contributed by atoms with E-state index in [0.717, 1.165) is 56.7 Å². The number of ether oxygens (including phenoxy) is 1. The quantitative estimate of drug-likeness (QED) is 0.801. The fraction of sp³-hybridized carbons (Fsp3) is 0.706. The van der Waals surface area contributed by atoms with E-state index in [1.165, 1.54) is 0 Å². The molecule has 3 heterocycles. The van der Waals surface area contributed by atoms with Gasteiger partial charge in [-0.3, -0.25) is 0 Å². The summed E-state index contributed by atoms with van der Waals surface area (Å²) in [7, 11) is 2.15. The molecule has 0 spiro atoms. The SMILES string of the molecule is CCOC(=O)N1CCN(c2cc(N3CCN(C)CC3)nc(C)n2)CC1. The van der Waals surface area contributed by atoms with E-state index in [2.05, 4.69) is 37.8 Å². The first-order valence-electron chi connectivity index (χ1n) is 9.02. The monoisotopic (exact) mass is 348 g/mol. The van der Waals surface area contributed by atoms with E-state index in [9.17, 15) is 4.79 Å². The number of aryl methyl sites for hydroxylation is 1. The zero-order chi connectivity index (χ0) is 17.8. The van der Waals surface area contributed by atoms with E-state index in [4.69, 9.17) is 4.74 Å². The number of amides is 1. The molecule has 8 heteroatoms. The number of nitrogens with zero attached hydrogens (tertiary/aromatic N) is 6. The van der Waals surface area contributed by atoms with Gasteiger partial charge in [0.1, 0.15) is 17.5 Å². The lowest BCUT2D eigenvalue weighted by Gasteiger charge is -2.36. The summed E-state index contributed by atoms with van der Waals surface area (Å²) in [5.41, 5.74) is 0. The maximum atomic E-state index is 11.8. The molecule has 2 aliphatic heterocycles. The number of likely N-dealkylation sites (N-methyl/N-ethyl adjacent to an activating group) is 1. The Kier molecular flexibility index (Phi) is 5.57. The number of aromatic nitrogens is 2. The molecule has 0 saturated carbocycles. The van der Waals surface area contributed by atoms with E-state index < -0.39 is 0 Å². The van der Waals surface area contributed by atoms with Gasteiger partial charge < -0.3 is 24.3 Å². The summed E-state index contributed by atoms with van der Waals surface area (Å²) in [4.78, 5) is 29.7. The summed E-state index contributed by atoms with van der Waals surface area (Å²) in [5, 5.41) is 0. The summed E-state index contributed by atoms with van der Waals surface area (Å²) >= 11 is 0. The molecule has 0 aliphatic carbocycles. The molecule has 2 fully saturated rings. The Morgan fingerprint density at radius 1 is 1.00 bits per heavy atom. The van der Waals surface area contributed by atoms with Crippen molar-refractivity contribution in [3.05, 3.63) is 11.9 Å². The van der Waals surface area contributed by atoms with E-state index in [-0.39, 0.29) is 6.09 Å². The van der Waals surface area contributed by atoms with Crippen molar-refractivity contribution >= 4 is 17.7 Å². The van der Waals surface area contributed by atoms with E-state index >= 15 is 0 Å². The lowest BCUT2D eigenvalue weighted by atomic mass is 10.3. The Morgan fingerprint density at radius 3 is 2.04 bits per heavy atom. The number of rotatable bonds is 3. The number of piperazine rings is 2. The van der Waals surface area contributed by atoms with Gasteiger partial charge in [-0.15, -0.1) is 0 Å². The maximum Gasteiger partial charge on any atom is 0.409 e. The van der Waals surface area contributed by atoms with Crippen LogP contribution in [0.2, 0.25) is 0 Å². The van der Waals surface area contributed by atoms with Crippen LogP contribution in [0.3, 0.4) is 0 Å². The minimum absolute atomic E-state index is 0.223. The molecular formula is C17H28N6O2. The highest BCUT2D eigenvalue weighted by molar-refractivity contribution is 5.68. The van der Waals surface area contributed by atoms with Gasteiger partial charge in [-0.2, -0.15) is 0 Å². The van der Waals surface area contributed by atoms with Crippen molar-refractivity contribution in [3.8, 4) is 0 Å². The molecule has 0 atom stereocenters. The number of carbonyl (C=O) groups is 1. The van der Waals surface area contributed by atoms with Gasteiger partial charge in [0.2, 0.25) is 0 Å². The first kappa shape index (κ1) is 17.7. The fourth-order valence-electron chi connectivity index (χ4n) is 3.23. The molecule has 0 aromatic carbocycles. The largest absolute Gasteiger partial charge is 0.450 e. The van der Waals surface area contributed by atoms with Gasteiger partial charge in [0.05, 0.1) is 6.61 Å². The molecule has 3 rings (SSSR count). The molecule has 0 radical (unpaired) electrons. The summed E-state index contributed by atoms with van der Waals surface area (Å²) in [6.07, 6.45) is -0.223. The van der Waals surface area contributed by atoms with Crippen molar-refractivity contribution < 1.29 is 9.53 Å². The fourth-order valence-corrected chi connectivity index (χ4v) is 3.23. The molecule has 8 nitrogen and oxygen atoms in total. The number of carbonyl (C=O) groups excluding carboxylic acids is 1. The highest BCUT2D eigenvalue weighted by atomic mass is 16.6. The second kappa shape index (κ2) is 7.86. The second-order valence-corrected chi connectivity index (χ2v) is 6.59. The zero-order valence-electron chi connectivity index (χ0n) is 15.4. The smallest absolute Gasteiger partial charge is 0.409 e. The van der Waals surface area contributed by atoms with Crippen LogP contribution in [0.25, 0.3) is 0 Å². The highest BCUT2D eigenvalue weighted by Crippen LogP contribution is 2.21. The standard InChI is InChI=1S/C17H28N6O2/c1-4-25-17(24)23-11-9-22(10-12-23)16-13-15(18-14(2)19-16)21-7-5-20(3)6-8-21/h13H,4-12H2,1-3H3. The third-order valence-electron chi connectivity index (χ3n) is 4.77. The molecule has 1 aromatic heterocycles. The Bertz CT molecular complexity index is 595. The molecule has 1 aromatic rings. The average Bonchev–Trinajstić information content (AvgIpc) is 2.62. The minimum Gasteiger partial charge on any atom is -0.450 e. The van der Waals surface area contributed by atoms with Crippen LogP contribution in [0, 0.1) is 6.92 Å². The minimum atomic E-state index is -0.223. The summed E-state index contributed by atoms with van der Waals surface area (Å²) in [5.74, 6) is 2.74. The molecule has 2 aliphatic rings. The summed E-state index contributed by atoms with van der Waals surface area (Å²) in [6, 6.07) is 2.08. The van der Waals surface area contributed by atoms with Gasteiger partial charge in [0.25, 0.3) is 0 Å². The molecule has 0 bridgehead atoms. The van der Waals surface area contributed by atoms with Crippen LogP contribution in [0.4, 0.5) is 16.4 Å². The van der Waals surface area contributed by atoms with Crippen molar-refractivity contribution in [1.29, 1.82) is 0 Å². The highest BCUT2D eigenvalue weighted by Gasteiger charge is 2.24. The van der Waals surface area contributed by atoms with Gasteiger partial charge >= 0.3 is 6.09 Å². The van der Waals surface area contributed by atoms with Crippen LogP contribution in [-0.4, -0.2) is 91.9 Å². The Hall–Kier alpha value is -2.09. The predicted octanol–water partition coefficient (Wildman–Crippen LogP) is 0.815. The van der Waals surface area contributed by atoms with Crippen molar-refractivity contribution in [3.63, 3.8) is 0 Å². The third-order valence-corrected chi connectivity index (χ3v) is 4.77.